The molecule has 112 valence electrons. The van der Waals surface area contributed by atoms with E-state index in [9.17, 15) is 26.4 Å². The Morgan fingerprint density at radius 1 is 1.14 bits per heavy atom. The minimum atomic E-state index is -4.65. The van der Waals surface area contributed by atoms with Crippen LogP contribution < -0.4 is 4.72 Å². The topological polar surface area (TPSA) is 83.5 Å². The zero-order valence-electron chi connectivity index (χ0n) is 9.93. The molecular weight excluding hydrogens is 331 g/mol. The molecule has 0 aliphatic carbocycles. The van der Waals surface area contributed by atoms with Gasteiger partial charge in [0.05, 0.1) is 0 Å². The zero-order chi connectivity index (χ0) is 15.8. The number of carboxylic acid groups (broad SMARTS) is 1. The molecule has 0 saturated heterocycles. The van der Waals surface area contributed by atoms with Gasteiger partial charge in [0.15, 0.2) is 4.90 Å². The second-order valence-corrected chi connectivity index (χ2v) is 6.48. The van der Waals surface area contributed by atoms with Gasteiger partial charge in [-0.05, 0) is 12.1 Å². The van der Waals surface area contributed by atoms with Crippen LogP contribution in [0.15, 0.2) is 29.2 Å². The fourth-order valence-corrected chi connectivity index (χ4v) is 3.64. The van der Waals surface area contributed by atoms with Crippen LogP contribution in [0.1, 0.15) is 9.67 Å². The number of nitrogens with one attached hydrogen (secondary N) is 1. The lowest BCUT2D eigenvalue weighted by molar-refractivity contribution is 0.0702. The minimum absolute atomic E-state index is 0.143. The van der Waals surface area contributed by atoms with Crippen molar-refractivity contribution < 1.29 is 31.5 Å². The summed E-state index contributed by atoms with van der Waals surface area (Å²) in [6.45, 7) is 0. The maximum absolute atomic E-state index is 13.5. The van der Waals surface area contributed by atoms with Gasteiger partial charge in [0, 0.05) is 12.1 Å². The largest absolute Gasteiger partial charge is 0.477 e. The lowest BCUT2D eigenvalue weighted by atomic mass is 10.3. The van der Waals surface area contributed by atoms with Crippen molar-refractivity contribution in [2.24, 2.45) is 0 Å². The first-order valence-corrected chi connectivity index (χ1v) is 7.51. The fourth-order valence-electron chi connectivity index (χ4n) is 1.48. The van der Waals surface area contributed by atoms with E-state index in [1.54, 1.807) is 0 Å². The lowest BCUT2D eigenvalue weighted by Crippen LogP contribution is -2.16. The van der Waals surface area contributed by atoms with Crippen molar-refractivity contribution in [1.82, 2.24) is 0 Å². The van der Waals surface area contributed by atoms with E-state index in [-0.39, 0.29) is 22.0 Å². The molecule has 1 aromatic carbocycles. The monoisotopic (exact) mass is 337 g/mol. The summed E-state index contributed by atoms with van der Waals surface area (Å²) in [7, 11) is -4.65. The van der Waals surface area contributed by atoms with Crippen LogP contribution >= 0.6 is 11.3 Å². The number of hydrogen-bond donors (Lipinski definition) is 2. The van der Waals surface area contributed by atoms with Crippen molar-refractivity contribution in [2.75, 3.05) is 4.72 Å². The molecule has 0 saturated carbocycles. The standard InChI is InChI=1S/C11H6F3NO4S2/c12-5-3-6(13)10(7(14)4-5)21(18,19)15-9-2-1-8(20-9)11(16)17/h1-4,15H,(H,16,17). The van der Waals surface area contributed by atoms with E-state index in [1.165, 1.54) is 0 Å². The third-order valence-corrected chi connectivity index (χ3v) is 4.82. The van der Waals surface area contributed by atoms with Gasteiger partial charge in [-0.1, -0.05) is 0 Å². The molecule has 21 heavy (non-hydrogen) atoms. The Morgan fingerprint density at radius 3 is 2.19 bits per heavy atom. The Kier molecular flexibility index (Phi) is 3.92. The third-order valence-electron chi connectivity index (χ3n) is 2.28. The summed E-state index contributed by atoms with van der Waals surface area (Å²) < 4.78 is 65.3. The average molecular weight is 337 g/mol. The van der Waals surface area contributed by atoms with Crippen LogP contribution in [0.25, 0.3) is 0 Å². The number of aromatic carboxylic acids is 1. The number of halogens is 3. The Morgan fingerprint density at radius 2 is 1.71 bits per heavy atom. The normalized spacial score (nSPS) is 11.4. The molecule has 1 heterocycles. The first kappa shape index (κ1) is 15.3. The summed E-state index contributed by atoms with van der Waals surface area (Å²) in [4.78, 5) is 9.17. The number of carbonyl (C=O) groups is 1. The summed E-state index contributed by atoms with van der Waals surface area (Å²) in [5.74, 6) is -5.71. The van der Waals surface area contributed by atoms with Crippen molar-refractivity contribution in [3.05, 3.63) is 46.6 Å². The summed E-state index contributed by atoms with van der Waals surface area (Å²) >= 11 is 0.569. The van der Waals surface area contributed by atoms with E-state index in [4.69, 9.17) is 5.11 Å². The van der Waals surface area contributed by atoms with Crippen molar-refractivity contribution in [1.29, 1.82) is 0 Å². The molecule has 1 aromatic heterocycles. The molecule has 0 unspecified atom stereocenters. The Hall–Kier alpha value is -2.07. The quantitative estimate of drug-likeness (QED) is 0.898. The predicted molar refractivity (Wildman–Crippen MR) is 68.4 cm³/mol. The van der Waals surface area contributed by atoms with Crippen LogP contribution in [0.3, 0.4) is 0 Å². The van der Waals surface area contributed by atoms with E-state index < -0.39 is 38.3 Å². The Labute approximate surface area is 120 Å². The van der Waals surface area contributed by atoms with Gasteiger partial charge in [0.1, 0.15) is 27.3 Å². The van der Waals surface area contributed by atoms with Crippen LogP contribution in [0.4, 0.5) is 18.2 Å². The second kappa shape index (κ2) is 5.37. The van der Waals surface area contributed by atoms with E-state index in [1.807, 2.05) is 4.72 Å². The van der Waals surface area contributed by atoms with E-state index in [2.05, 4.69) is 0 Å². The average Bonchev–Trinajstić information content (AvgIpc) is 2.74. The highest BCUT2D eigenvalue weighted by atomic mass is 32.2. The number of benzene rings is 1. The first-order valence-electron chi connectivity index (χ1n) is 5.21. The molecular formula is C11H6F3NO4S2. The number of hydrogen-bond acceptors (Lipinski definition) is 4. The van der Waals surface area contributed by atoms with E-state index in [0.717, 1.165) is 12.1 Å². The maximum atomic E-state index is 13.5. The molecule has 0 fully saturated rings. The number of sulfonamides is 1. The van der Waals surface area contributed by atoms with Gasteiger partial charge in [0.25, 0.3) is 10.0 Å². The Balaban J connectivity index is 2.41. The van der Waals surface area contributed by atoms with Crippen LogP contribution in [0.2, 0.25) is 0 Å². The highest BCUT2D eigenvalue weighted by Gasteiger charge is 2.26. The molecule has 0 radical (unpaired) electrons. The number of thiophene rings is 1. The zero-order valence-corrected chi connectivity index (χ0v) is 11.6. The third kappa shape index (κ3) is 3.16. The van der Waals surface area contributed by atoms with E-state index >= 15 is 0 Å². The molecule has 0 aliphatic heterocycles. The second-order valence-electron chi connectivity index (χ2n) is 3.77. The van der Waals surface area contributed by atoms with Crippen molar-refractivity contribution in [3.8, 4) is 0 Å². The van der Waals surface area contributed by atoms with Gasteiger partial charge in [0.2, 0.25) is 0 Å². The minimum Gasteiger partial charge on any atom is -0.477 e. The van der Waals surface area contributed by atoms with Crippen molar-refractivity contribution >= 4 is 32.3 Å². The molecule has 0 atom stereocenters. The molecule has 0 spiro atoms. The van der Waals surface area contributed by atoms with Crippen LogP contribution in [0.5, 0.6) is 0 Å². The summed E-state index contributed by atoms with van der Waals surface area (Å²) in [6.07, 6.45) is 0. The highest BCUT2D eigenvalue weighted by Crippen LogP contribution is 2.27. The fraction of sp³-hybridized carbons (Fsp3) is 0. The molecule has 10 heteroatoms. The summed E-state index contributed by atoms with van der Waals surface area (Å²) in [6, 6.07) is 2.72. The van der Waals surface area contributed by atoms with Gasteiger partial charge in [-0.25, -0.2) is 26.4 Å². The smallest absolute Gasteiger partial charge is 0.345 e. The lowest BCUT2D eigenvalue weighted by Gasteiger charge is -2.08. The maximum Gasteiger partial charge on any atom is 0.345 e. The first-order chi connectivity index (χ1) is 9.70. The van der Waals surface area contributed by atoms with Crippen molar-refractivity contribution in [2.45, 2.75) is 4.90 Å². The van der Waals surface area contributed by atoms with Crippen LogP contribution in [0, 0.1) is 17.5 Å². The predicted octanol–water partition coefficient (Wildman–Crippen LogP) is 2.66. The molecule has 0 amide bonds. The van der Waals surface area contributed by atoms with Crippen LogP contribution in [-0.2, 0) is 10.0 Å². The molecule has 2 N–H and O–H groups in total. The molecule has 0 aliphatic rings. The molecule has 2 aromatic rings. The SMILES string of the molecule is O=C(O)c1ccc(NS(=O)(=O)c2c(F)cc(F)cc2F)s1. The van der Waals surface area contributed by atoms with Crippen LogP contribution in [-0.4, -0.2) is 19.5 Å². The van der Waals surface area contributed by atoms with Crippen molar-refractivity contribution in [3.63, 3.8) is 0 Å². The van der Waals surface area contributed by atoms with Gasteiger partial charge < -0.3 is 5.11 Å². The number of rotatable bonds is 4. The summed E-state index contributed by atoms with van der Waals surface area (Å²) in [5.41, 5.74) is 0. The molecule has 2 rings (SSSR count). The Bertz CT molecular complexity index is 794. The van der Waals surface area contributed by atoms with Gasteiger partial charge in [-0.15, -0.1) is 11.3 Å². The van der Waals surface area contributed by atoms with Gasteiger partial charge >= 0.3 is 5.97 Å². The van der Waals surface area contributed by atoms with E-state index in [0.29, 0.717) is 11.3 Å². The number of carboxylic acids is 1. The van der Waals surface area contributed by atoms with Gasteiger partial charge in [-0.3, -0.25) is 4.72 Å². The van der Waals surface area contributed by atoms with Gasteiger partial charge in [-0.2, -0.15) is 0 Å². The number of anilines is 1. The molecule has 5 nitrogen and oxygen atoms in total. The highest BCUT2D eigenvalue weighted by molar-refractivity contribution is 7.93. The summed E-state index contributed by atoms with van der Waals surface area (Å²) in [5, 5.41) is 8.56. The molecule has 0 bridgehead atoms.